The maximum atomic E-state index is 12.6. The SMILES string of the molecule is CC(=O)Nc1ccc(S(=O)(=O)N[C@@H](C)C(=O)NCCN2CCN(c3ccccc3)CC2)cc1. The van der Waals surface area contributed by atoms with Crippen molar-refractivity contribution in [2.75, 3.05) is 49.5 Å². The minimum Gasteiger partial charge on any atom is -0.369 e. The minimum absolute atomic E-state index is 0.0209. The van der Waals surface area contributed by atoms with Gasteiger partial charge in [-0.15, -0.1) is 0 Å². The number of amides is 2. The molecule has 2 aromatic carbocycles. The topological polar surface area (TPSA) is 111 Å². The predicted octanol–water partition coefficient (Wildman–Crippen LogP) is 1.25. The minimum atomic E-state index is -3.87. The van der Waals surface area contributed by atoms with E-state index in [4.69, 9.17) is 0 Å². The molecule has 0 unspecified atom stereocenters. The largest absolute Gasteiger partial charge is 0.369 e. The summed E-state index contributed by atoms with van der Waals surface area (Å²) in [7, 11) is -3.87. The van der Waals surface area contributed by atoms with Crippen LogP contribution in [0.25, 0.3) is 0 Å². The molecule has 9 nitrogen and oxygen atoms in total. The molecule has 3 rings (SSSR count). The Kier molecular flexibility index (Phi) is 8.43. The first-order valence-corrected chi connectivity index (χ1v) is 12.4. The number of nitrogens with one attached hydrogen (secondary N) is 3. The third-order valence-corrected chi connectivity index (χ3v) is 6.99. The van der Waals surface area contributed by atoms with E-state index in [-0.39, 0.29) is 16.7 Å². The summed E-state index contributed by atoms with van der Waals surface area (Å²) in [6, 6.07) is 15.1. The fourth-order valence-electron chi connectivity index (χ4n) is 3.63. The van der Waals surface area contributed by atoms with E-state index in [9.17, 15) is 18.0 Å². The molecule has 0 aliphatic carbocycles. The first-order valence-electron chi connectivity index (χ1n) is 10.9. The van der Waals surface area contributed by atoms with Crippen molar-refractivity contribution in [3.8, 4) is 0 Å². The smallest absolute Gasteiger partial charge is 0.241 e. The van der Waals surface area contributed by atoms with Gasteiger partial charge in [-0.3, -0.25) is 14.5 Å². The molecule has 2 amide bonds. The highest BCUT2D eigenvalue weighted by atomic mass is 32.2. The molecular weight excluding hydrogens is 442 g/mol. The lowest BCUT2D eigenvalue weighted by Crippen LogP contribution is -2.50. The van der Waals surface area contributed by atoms with E-state index in [0.717, 1.165) is 26.2 Å². The molecule has 1 aliphatic heterocycles. The van der Waals surface area contributed by atoms with Gasteiger partial charge in [0.25, 0.3) is 0 Å². The molecule has 2 aromatic rings. The summed E-state index contributed by atoms with van der Waals surface area (Å²) >= 11 is 0. The third kappa shape index (κ3) is 7.28. The van der Waals surface area contributed by atoms with Crippen LogP contribution in [0.2, 0.25) is 0 Å². The number of piperazine rings is 1. The molecular formula is C23H31N5O4S. The summed E-state index contributed by atoms with van der Waals surface area (Å²) in [5.74, 6) is -0.622. The quantitative estimate of drug-likeness (QED) is 0.506. The zero-order valence-electron chi connectivity index (χ0n) is 19.0. The van der Waals surface area contributed by atoms with E-state index in [1.807, 2.05) is 18.2 Å². The van der Waals surface area contributed by atoms with Crippen molar-refractivity contribution in [3.05, 3.63) is 54.6 Å². The molecule has 178 valence electrons. The average Bonchev–Trinajstić information content (AvgIpc) is 2.79. The van der Waals surface area contributed by atoms with Gasteiger partial charge in [-0.05, 0) is 43.3 Å². The van der Waals surface area contributed by atoms with Gasteiger partial charge in [-0.1, -0.05) is 18.2 Å². The molecule has 0 saturated carbocycles. The van der Waals surface area contributed by atoms with Crippen molar-refractivity contribution in [1.82, 2.24) is 14.9 Å². The highest BCUT2D eigenvalue weighted by Crippen LogP contribution is 2.16. The molecule has 1 heterocycles. The van der Waals surface area contributed by atoms with Gasteiger partial charge in [-0.25, -0.2) is 8.42 Å². The van der Waals surface area contributed by atoms with Crippen LogP contribution in [0, 0.1) is 0 Å². The molecule has 1 aliphatic rings. The average molecular weight is 474 g/mol. The van der Waals surface area contributed by atoms with E-state index in [0.29, 0.717) is 18.8 Å². The van der Waals surface area contributed by atoms with Crippen molar-refractivity contribution >= 4 is 33.2 Å². The fraction of sp³-hybridized carbons (Fsp3) is 0.391. The van der Waals surface area contributed by atoms with E-state index in [2.05, 4.69) is 37.3 Å². The van der Waals surface area contributed by atoms with Crippen molar-refractivity contribution in [3.63, 3.8) is 0 Å². The van der Waals surface area contributed by atoms with Gasteiger partial charge in [0.15, 0.2) is 0 Å². The Morgan fingerprint density at radius 3 is 2.21 bits per heavy atom. The van der Waals surface area contributed by atoms with Gasteiger partial charge in [0, 0.05) is 57.6 Å². The van der Waals surface area contributed by atoms with E-state index in [1.54, 1.807) is 0 Å². The molecule has 1 atom stereocenters. The Balaban J connectivity index is 1.41. The Labute approximate surface area is 195 Å². The van der Waals surface area contributed by atoms with Crippen LogP contribution in [0.5, 0.6) is 0 Å². The standard InChI is InChI=1S/C23H31N5O4S/c1-18(26-33(31,32)22-10-8-20(9-11-22)25-19(2)29)23(30)24-12-13-27-14-16-28(17-15-27)21-6-4-3-5-7-21/h3-11,18,26H,12-17H2,1-2H3,(H,24,30)(H,25,29)/t18-/m0/s1. The van der Waals surface area contributed by atoms with Crippen molar-refractivity contribution < 1.29 is 18.0 Å². The maximum absolute atomic E-state index is 12.6. The number of sulfonamides is 1. The van der Waals surface area contributed by atoms with Gasteiger partial charge >= 0.3 is 0 Å². The summed E-state index contributed by atoms with van der Waals surface area (Å²) in [5, 5.41) is 5.39. The Hall–Kier alpha value is -2.95. The number of carbonyl (C=O) groups is 2. The fourth-order valence-corrected chi connectivity index (χ4v) is 4.84. The van der Waals surface area contributed by atoms with Crippen molar-refractivity contribution in [1.29, 1.82) is 0 Å². The number of carbonyl (C=O) groups excluding carboxylic acids is 2. The molecule has 33 heavy (non-hydrogen) atoms. The van der Waals surface area contributed by atoms with Gasteiger partial charge < -0.3 is 15.5 Å². The van der Waals surface area contributed by atoms with Crippen LogP contribution in [-0.2, 0) is 19.6 Å². The van der Waals surface area contributed by atoms with Gasteiger partial charge in [-0.2, -0.15) is 4.72 Å². The number of hydrogen-bond donors (Lipinski definition) is 3. The third-order valence-electron chi connectivity index (χ3n) is 5.43. The van der Waals surface area contributed by atoms with Crippen LogP contribution in [-0.4, -0.2) is 70.4 Å². The van der Waals surface area contributed by atoms with Gasteiger partial charge in [0.1, 0.15) is 0 Å². The van der Waals surface area contributed by atoms with Crippen LogP contribution in [0.1, 0.15) is 13.8 Å². The second kappa shape index (κ2) is 11.3. The van der Waals surface area contributed by atoms with Crippen molar-refractivity contribution in [2.45, 2.75) is 24.8 Å². The summed E-state index contributed by atoms with van der Waals surface area (Å²) in [5.41, 5.74) is 1.72. The van der Waals surface area contributed by atoms with Crippen LogP contribution >= 0.6 is 0 Å². The number of nitrogens with zero attached hydrogens (tertiary/aromatic N) is 2. The summed E-state index contributed by atoms with van der Waals surface area (Å²) in [6.45, 7) is 7.70. The van der Waals surface area contributed by atoms with Crippen LogP contribution in [0.4, 0.5) is 11.4 Å². The lowest BCUT2D eigenvalue weighted by Gasteiger charge is -2.36. The molecule has 0 bridgehead atoms. The lowest BCUT2D eigenvalue weighted by molar-refractivity contribution is -0.122. The molecule has 3 N–H and O–H groups in total. The van der Waals surface area contributed by atoms with Crippen LogP contribution in [0.15, 0.2) is 59.5 Å². The van der Waals surface area contributed by atoms with Crippen LogP contribution < -0.4 is 20.3 Å². The Bertz CT molecular complexity index is 1040. The number of anilines is 2. The zero-order valence-corrected chi connectivity index (χ0v) is 19.8. The predicted molar refractivity (Wildman–Crippen MR) is 129 cm³/mol. The van der Waals surface area contributed by atoms with E-state index < -0.39 is 16.1 Å². The van der Waals surface area contributed by atoms with Crippen LogP contribution in [0.3, 0.4) is 0 Å². The number of benzene rings is 2. The first kappa shape index (κ1) is 24.7. The van der Waals surface area contributed by atoms with E-state index in [1.165, 1.54) is 43.8 Å². The van der Waals surface area contributed by atoms with E-state index >= 15 is 0 Å². The highest BCUT2D eigenvalue weighted by Gasteiger charge is 2.22. The second-order valence-corrected chi connectivity index (χ2v) is 9.72. The maximum Gasteiger partial charge on any atom is 0.241 e. The summed E-state index contributed by atoms with van der Waals surface area (Å²) in [4.78, 5) is 28.1. The molecule has 0 spiro atoms. The molecule has 1 fully saturated rings. The monoisotopic (exact) mass is 473 g/mol. The first-order chi connectivity index (χ1) is 15.7. The Morgan fingerprint density at radius 2 is 1.61 bits per heavy atom. The van der Waals surface area contributed by atoms with Gasteiger partial charge in [0.05, 0.1) is 10.9 Å². The number of rotatable bonds is 9. The van der Waals surface area contributed by atoms with Crippen molar-refractivity contribution in [2.24, 2.45) is 0 Å². The number of para-hydroxylation sites is 1. The zero-order chi connectivity index (χ0) is 23.8. The summed E-state index contributed by atoms with van der Waals surface area (Å²) in [6.07, 6.45) is 0. The highest BCUT2D eigenvalue weighted by molar-refractivity contribution is 7.89. The molecule has 1 saturated heterocycles. The number of hydrogen-bond acceptors (Lipinski definition) is 6. The summed E-state index contributed by atoms with van der Waals surface area (Å²) < 4.78 is 27.5. The van der Waals surface area contributed by atoms with Gasteiger partial charge in [0.2, 0.25) is 21.8 Å². The normalized spacial score (nSPS) is 15.6. The Morgan fingerprint density at radius 1 is 0.970 bits per heavy atom. The molecule has 0 radical (unpaired) electrons. The lowest BCUT2D eigenvalue weighted by atomic mass is 10.2. The second-order valence-electron chi connectivity index (χ2n) is 8.00. The molecule has 10 heteroatoms. The molecule has 0 aromatic heterocycles.